The van der Waals surface area contributed by atoms with Crippen molar-refractivity contribution in [2.45, 2.75) is 5.75 Å². The van der Waals surface area contributed by atoms with Crippen molar-refractivity contribution in [1.82, 2.24) is 0 Å². The third-order valence-electron chi connectivity index (χ3n) is 2.82. The van der Waals surface area contributed by atoms with Crippen LogP contribution in [0.4, 0.5) is 5.69 Å². The molecule has 1 heterocycles. The molecule has 0 aliphatic carbocycles. The summed E-state index contributed by atoms with van der Waals surface area (Å²) >= 11 is 1.79. The summed E-state index contributed by atoms with van der Waals surface area (Å²) in [4.78, 5) is 4.65. The second kappa shape index (κ2) is 5.23. The number of para-hydroxylation sites is 1. The Kier molecular flexibility index (Phi) is 3.29. The minimum absolute atomic E-state index is 1.01. The lowest BCUT2D eigenvalue weighted by molar-refractivity contribution is 1.36. The van der Waals surface area contributed by atoms with Crippen molar-refractivity contribution in [3.05, 3.63) is 71.8 Å². The van der Waals surface area contributed by atoms with E-state index >= 15 is 0 Å². The Balaban J connectivity index is 1.83. The molecule has 0 spiro atoms. The van der Waals surface area contributed by atoms with Crippen LogP contribution < -0.4 is 0 Å². The lowest BCUT2D eigenvalue weighted by Crippen LogP contribution is -1.95. The predicted octanol–water partition coefficient (Wildman–Crippen LogP) is 4.68. The lowest BCUT2D eigenvalue weighted by atomic mass is 10.2. The molecule has 2 aromatic carbocycles. The Labute approximate surface area is 111 Å². The molecule has 0 fully saturated rings. The van der Waals surface area contributed by atoms with Crippen molar-refractivity contribution in [3.63, 3.8) is 0 Å². The maximum atomic E-state index is 4.65. The molecule has 88 valence electrons. The van der Waals surface area contributed by atoms with E-state index in [1.165, 1.54) is 11.1 Å². The van der Waals surface area contributed by atoms with E-state index in [1.807, 2.05) is 24.3 Å². The molecule has 0 saturated heterocycles. The smallest absolute Gasteiger partial charge is 0.0970 e. The SMILES string of the molecule is C(=C\c1ccccc1)/C1=Nc2ccccc2CS1. The molecule has 0 unspecified atom stereocenters. The van der Waals surface area contributed by atoms with Crippen LogP contribution in [-0.4, -0.2) is 5.04 Å². The van der Waals surface area contributed by atoms with Gasteiger partial charge in [0.25, 0.3) is 0 Å². The van der Waals surface area contributed by atoms with Crippen LogP contribution >= 0.6 is 11.8 Å². The van der Waals surface area contributed by atoms with Crippen molar-refractivity contribution in [3.8, 4) is 0 Å². The summed E-state index contributed by atoms with van der Waals surface area (Å²) in [5, 5.41) is 1.08. The predicted molar refractivity (Wildman–Crippen MR) is 80.3 cm³/mol. The van der Waals surface area contributed by atoms with Gasteiger partial charge in [0.1, 0.15) is 0 Å². The monoisotopic (exact) mass is 251 g/mol. The fraction of sp³-hybridized carbons (Fsp3) is 0.0625. The van der Waals surface area contributed by atoms with Gasteiger partial charge in [-0.25, -0.2) is 4.99 Å². The Morgan fingerprint density at radius 3 is 2.56 bits per heavy atom. The van der Waals surface area contributed by atoms with Gasteiger partial charge in [-0.05, 0) is 23.3 Å². The lowest BCUT2D eigenvalue weighted by Gasteiger charge is -2.12. The summed E-state index contributed by atoms with van der Waals surface area (Å²) in [6, 6.07) is 18.6. The van der Waals surface area contributed by atoms with Gasteiger partial charge in [-0.3, -0.25) is 0 Å². The highest BCUT2D eigenvalue weighted by Gasteiger charge is 2.09. The molecule has 1 aliphatic heterocycles. The first kappa shape index (κ1) is 11.3. The molecule has 1 nitrogen and oxygen atoms in total. The normalized spacial score (nSPS) is 14.3. The molecule has 3 rings (SSSR count). The fourth-order valence-electron chi connectivity index (χ4n) is 1.86. The van der Waals surface area contributed by atoms with Crippen LogP contribution in [0, 0.1) is 0 Å². The highest BCUT2D eigenvalue weighted by Crippen LogP contribution is 2.31. The van der Waals surface area contributed by atoms with E-state index in [0.717, 1.165) is 16.5 Å². The summed E-state index contributed by atoms with van der Waals surface area (Å²) in [7, 11) is 0. The topological polar surface area (TPSA) is 12.4 Å². The molecule has 0 atom stereocenters. The molecule has 18 heavy (non-hydrogen) atoms. The van der Waals surface area contributed by atoms with Crippen LogP contribution in [0.25, 0.3) is 6.08 Å². The molecule has 0 saturated carbocycles. The number of fused-ring (bicyclic) bond motifs is 1. The van der Waals surface area contributed by atoms with Crippen LogP contribution in [0.5, 0.6) is 0 Å². The van der Waals surface area contributed by atoms with Gasteiger partial charge in [0, 0.05) is 5.75 Å². The van der Waals surface area contributed by atoms with E-state index in [4.69, 9.17) is 0 Å². The van der Waals surface area contributed by atoms with E-state index in [2.05, 4.69) is 47.5 Å². The van der Waals surface area contributed by atoms with Crippen LogP contribution in [-0.2, 0) is 5.75 Å². The van der Waals surface area contributed by atoms with Crippen LogP contribution in [0.1, 0.15) is 11.1 Å². The molecule has 2 heteroatoms. The molecular weight excluding hydrogens is 238 g/mol. The highest BCUT2D eigenvalue weighted by molar-refractivity contribution is 8.13. The van der Waals surface area contributed by atoms with Gasteiger partial charge in [0.05, 0.1) is 10.7 Å². The molecule has 1 aliphatic rings. The minimum Gasteiger partial charge on any atom is -0.242 e. The van der Waals surface area contributed by atoms with Gasteiger partial charge < -0.3 is 0 Å². The number of rotatable bonds is 2. The van der Waals surface area contributed by atoms with Crippen molar-refractivity contribution in [2.75, 3.05) is 0 Å². The van der Waals surface area contributed by atoms with Gasteiger partial charge in [0.2, 0.25) is 0 Å². The van der Waals surface area contributed by atoms with Crippen molar-refractivity contribution in [2.24, 2.45) is 4.99 Å². The zero-order valence-corrected chi connectivity index (χ0v) is 10.7. The summed E-state index contributed by atoms with van der Waals surface area (Å²) in [6.07, 6.45) is 4.20. The van der Waals surface area contributed by atoms with Crippen molar-refractivity contribution >= 4 is 28.6 Å². The minimum atomic E-state index is 1.01. The second-order valence-electron chi connectivity index (χ2n) is 4.11. The third-order valence-corrected chi connectivity index (χ3v) is 3.79. The zero-order valence-electron chi connectivity index (χ0n) is 9.91. The van der Waals surface area contributed by atoms with Gasteiger partial charge >= 0.3 is 0 Å². The number of hydrogen-bond donors (Lipinski definition) is 0. The van der Waals surface area contributed by atoms with Crippen LogP contribution in [0.15, 0.2) is 65.7 Å². The Hall–Kier alpha value is -1.80. The first-order chi connectivity index (χ1) is 8.92. The highest BCUT2D eigenvalue weighted by atomic mass is 32.2. The van der Waals surface area contributed by atoms with E-state index in [1.54, 1.807) is 11.8 Å². The molecule has 0 aromatic heterocycles. The van der Waals surface area contributed by atoms with Crippen LogP contribution in [0.2, 0.25) is 0 Å². The van der Waals surface area contributed by atoms with Gasteiger partial charge in [-0.2, -0.15) is 0 Å². The number of thioether (sulfide) groups is 1. The average molecular weight is 251 g/mol. The maximum absolute atomic E-state index is 4.65. The van der Waals surface area contributed by atoms with E-state index in [9.17, 15) is 0 Å². The second-order valence-corrected chi connectivity index (χ2v) is 5.11. The summed E-state index contributed by atoms with van der Waals surface area (Å²) < 4.78 is 0. The Bertz CT molecular complexity index is 600. The first-order valence-electron chi connectivity index (χ1n) is 5.94. The first-order valence-corrected chi connectivity index (χ1v) is 6.93. The standard InChI is InChI=1S/C16H13NS/c1-2-6-13(7-3-1)10-11-16-17-15-9-5-4-8-14(15)12-18-16/h1-11H,12H2/b11-10+. The fourth-order valence-corrected chi connectivity index (χ4v) is 2.74. The number of hydrogen-bond acceptors (Lipinski definition) is 2. The maximum Gasteiger partial charge on any atom is 0.0970 e. The Morgan fingerprint density at radius 2 is 1.67 bits per heavy atom. The average Bonchev–Trinajstić information content (AvgIpc) is 2.46. The zero-order chi connectivity index (χ0) is 12.2. The van der Waals surface area contributed by atoms with Gasteiger partial charge in [-0.15, -0.1) is 11.8 Å². The summed E-state index contributed by atoms with van der Waals surface area (Å²) in [6.45, 7) is 0. The summed E-state index contributed by atoms with van der Waals surface area (Å²) in [5.41, 5.74) is 3.63. The van der Waals surface area contributed by atoms with Crippen molar-refractivity contribution in [1.29, 1.82) is 0 Å². The Morgan fingerprint density at radius 1 is 0.889 bits per heavy atom. The van der Waals surface area contributed by atoms with Gasteiger partial charge in [-0.1, -0.05) is 54.6 Å². The number of aliphatic imine (C=N–C) groups is 1. The van der Waals surface area contributed by atoms with E-state index in [-0.39, 0.29) is 0 Å². The number of benzene rings is 2. The van der Waals surface area contributed by atoms with E-state index in [0.29, 0.717) is 0 Å². The van der Waals surface area contributed by atoms with Gasteiger partial charge in [0.15, 0.2) is 0 Å². The molecule has 2 aromatic rings. The largest absolute Gasteiger partial charge is 0.242 e. The molecule has 0 bridgehead atoms. The molecule has 0 amide bonds. The van der Waals surface area contributed by atoms with Crippen LogP contribution in [0.3, 0.4) is 0 Å². The molecule has 0 radical (unpaired) electrons. The molecule has 0 N–H and O–H groups in total. The third kappa shape index (κ3) is 2.54. The van der Waals surface area contributed by atoms with E-state index < -0.39 is 0 Å². The number of nitrogens with zero attached hydrogens (tertiary/aromatic N) is 1. The van der Waals surface area contributed by atoms with Crippen molar-refractivity contribution < 1.29 is 0 Å². The summed E-state index contributed by atoms with van der Waals surface area (Å²) in [5.74, 6) is 1.01. The quantitative estimate of drug-likeness (QED) is 0.755. The molecular formula is C16H13NS.